The van der Waals surface area contributed by atoms with Gasteiger partial charge in [0.1, 0.15) is 5.15 Å². The number of halogens is 2. The lowest BCUT2D eigenvalue weighted by Crippen LogP contribution is -2.17. The lowest BCUT2D eigenvalue weighted by molar-refractivity contribution is 0.102. The third kappa shape index (κ3) is 4.19. The van der Waals surface area contributed by atoms with Crippen molar-refractivity contribution in [3.05, 3.63) is 57.8 Å². The highest BCUT2D eigenvalue weighted by molar-refractivity contribution is 6.31. The van der Waals surface area contributed by atoms with Crippen LogP contribution in [0.25, 0.3) is 0 Å². The summed E-state index contributed by atoms with van der Waals surface area (Å²) >= 11 is 11.9. The highest BCUT2D eigenvalue weighted by Gasteiger charge is 2.19. The van der Waals surface area contributed by atoms with Crippen LogP contribution >= 0.6 is 23.2 Å². The Balaban J connectivity index is 2.29. The van der Waals surface area contributed by atoms with E-state index in [0.717, 1.165) is 5.69 Å². The number of amides is 1. The smallest absolute Gasteiger partial charge is 0.255 e. The number of carbonyl (C=O) groups is 1. The van der Waals surface area contributed by atoms with Crippen LogP contribution in [0, 0.1) is 0 Å². The molecule has 2 rings (SSSR count). The summed E-state index contributed by atoms with van der Waals surface area (Å²) in [4.78, 5) is 16.6. The Hall–Kier alpha value is -1.58. The van der Waals surface area contributed by atoms with Crippen LogP contribution in [0.15, 0.2) is 36.4 Å². The Morgan fingerprint density at radius 1 is 1.14 bits per heavy atom. The zero-order valence-corrected chi connectivity index (χ0v) is 13.6. The fourth-order valence-corrected chi connectivity index (χ4v) is 2.18. The number of anilines is 1. The first-order valence-electron chi connectivity index (χ1n) is 6.51. The van der Waals surface area contributed by atoms with Crippen molar-refractivity contribution in [2.45, 2.75) is 26.2 Å². The van der Waals surface area contributed by atoms with E-state index in [4.69, 9.17) is 23.2 Å². The van der Waals surface area contributed by atoms with E-state index < -0.39 is 0 Å². The number of carbonyl (C=O) groups excluding carboxylic acids is 1. The number of hydrogen-bond donors (Lipinski definition) is 1. The number of nitrogens with one attached hydrogen (secondary N) is 1. The van der Waals surface area contributed by atoms with Gasteiger partial charge in [-0.25, -0.2) is 4.98 Å². The molecular formula is C16H16Cl2N2O. The highest BCUT2D eigenvalue weighted by atomic mass is 35.5. The van der Waals surface area contributed by atoms with Gasteiger partial charge in [0.25, 0.3) is 5.91 Å². The van der Waals surface area contributed by atoms with Crippen LogP contribution in [0.5, 0.6) is 0 Å². The summed E-state index contributed by atoms with van der Waals surface area (Å²) in [7, 11) is 0. The summed E-state index contributed by atoms with van der Waals surface area (Å²) in [6, 6.07) is 10.3. The van der Waals surface area contributed by atoms with Gasteiger partial charge < -0.3 is 5.32 Å². The largest absolute Gasteiger partial charge is 0.322 e. The molecule has 0 spiro atoms. The first-order chi connectivity index (χ1) is 9.75. The Kier molecular flexibility index (Phi) is 4.55. The van der Waals surface area contributed by atoms with Crippen LogP contribution in [0.3, 0.4) is 0 Å². The van der Waals surface area contributed by atoms with Crippen LogP contribution in [0.4, 0.5) is 5.69 Å². The first-order valence-corrected chi connectivity index (χ1v) is 7.26. The van der Waals surface area contributed by atoms with Crippen LogP contribution in [-0.2, 0) is 5.41 Å². The topological polar surface area (TPSA) is 42.0 Å². The van der Waals surface area contributed by atoms with Crippen molar-refractivity contribution < 1.29 is 4.79 Å². The molecule has 0 bridgehead atoms. The molecule has 1 aromatic carbocycles. The summed E-state index contributed by atoms with van der Waals surface area (Å²) in [5.41, 5.74) is 1.69. The molecule has 3 nitrogen and oxygen atoms in total. The van der Waals surface area contributed by atoms with Crippen LogP contribution in [0.2, 0.25) is 10.2 Å². The molecular weight excluding hydrogens is 307 g/mol. The van der Waals surface area contributed by atoms with E-state index in [1.807, 2.05) is 20.8 Å². The van der Waals surface area contributed by atoms with Crippen molar-refractivity contribution in [2.24, 2.45) is 0 Å². The monoisotopic (exact) mass is 322 g/mol. The second kappa shape index (κ2) is 6.04. The van der Waals surface area contributed by atoms with Crippen molar-refractivity contribution in [1.82, 2.24) is 4.98 Å². The average Bonchev–Trinajstić information content (AvgIpc) is 2.37. The molecule has 0 saturated heterocycles. The molecule has 0 aliphatic heterocycles. The van der Waals surface area contributed by atoms with Crippen molar-refractivity contribution in [1.29, 1.82) is 0 Å². The Morgan fingerprint density at radius 2 is 1.86 bits per heavy atom. The normalized spacial score (nSPS) is 11.3. The number of hydrogen-bond acceptors (Lipinski definition) is 2. The fraction of sp³-hybridized carbons (Fsp3) is 0.250. The van der Waals surface area contributed by atoms with Crippen LogP contribution in [-0.4, -0.2) is 10.9 Å². The van der Waals surface area contributed by atoms with Crippen molar-refractivity contribution >= 4 is 34.8 Å². The molecule has 2 aromatic rings. The number of rotatable bonds is 2. The fourth-order valence-electron chi connectivity index (χ4n) is 1.78. The van der Waals surface area contributed by atoms with Gasteiger partial charge in [0, 0.05) is 27.4 Å². The van der Waals surface area contributed by atoms with E-state index in [9.17, 15) is 4.79 Å². The second-order valence-electron chi connectivity index (χ2n) is 5.78. The number of nitrogens with zero attached hydrogens (tertiary/aromatic N) is 1. The SMILES string of the molecule is CC(C)(C)c1cc(C(=O)Nc2cccc(Cl)c2)cc(Cl)n1. The number of pyridine rings is 1. The molecule has 0 aliphatic carbocycles. The van der Waals surface area contributed by atoms with Crippen LogP contribution < -0.4 is 5.32 Å². The molecule has 1 amide bonds. The number of benzene rings is 1. The van der Waals surface area contributed by atoms with Crippen LogP contribution in [0.1, 0.15) is 36.8 Å². The minimum atomic E-state index is -0.243. The molecule has 0 saturated carbocycles. The zero-order chi connectivity index (χ0) is 15.6. The third-order valence-electron chi connectivity index (χ3n) is 2.91. The lowest BCUT2D eigenvalue weighted by atomic mass is 9.91. The van der Waals surface area contributed by atoms with E-state index in [1.165, 1.54) is 0 Å². The Bertz CT molecular complexity index is 678. The molecule has 0 atom stereocenters. The predicted octanol–water partition coefficient (Wildman–Crippen LogP) is 4.94. The molecule has 1 heterocycles. The van der Waals surface area contributed by atoms with Gasteiger partial charge in [-0.3, -0.25) is 4.79 Å². The minimum Gasteiger partial charge on any atom is -0.322 e. The maximum atomic E-state index is 12.3. The van der Waals surface area contributed by atoms with Gasteiger partial charge in [-0.1, -0.05) is 50.0 Å². The minimum absolute atomic E-state index is 0.185. The second-order valence-corrected chi connectivity index (χ2v) is 6.60. The molecule has 1 N–H and O–H groups in total. The average molecular weight is 323 g/mol. The summed E-state index contributed by atoms with van der Waals surface area (Å²) in [5.74, 6) is -0.243. The highest BCUT2D eigenvalue weighted by Crippen LogP contribution is 2.24. The van der Waals surface area contributed by atoms with Crippen molar-refractivity contribution in [2.75, 3.05) is 5.32 Å². The summed E-state index contributed by atoms with van der Waals surface area (Å²) in [5, 5.41) is 3.67. The molecule has 0 fully saturated rings. The Labute approximate surface area is 134 Å². The maximum Gasteiger partial charge on any atom is 0.255 e. The molecule has 0 unspecified atom stereocenters. The van der Waals surface area contributed by atoms with E-state index in [2.05, 4.69) is 10.3 Å². The van der Waals surface area contributed by atoms with Gasteiger partial charge in [0.05, 0.1) is 0 Å². The third-order valence-corrected chi connectivity index (χ3v) is 3.34. The molecule has 1 aromatic heterocycles. The lowest BCUT2D eigenvalue weighted by Gasteiger charge is -2.18. The van der Waals surface area contributed by atoms with Gasteiger partial charge in [-0.2, -0.15) is 0 Å². The number of aromatic nitrogens is 1. The van der Waals surface area contributed by atoms with E-state index in [1.54, 1.807) is 36.4 Å². The van der Waals surface area contributed by atoms with Crippen molar-refractivity contribution in [3.8, 4) is 0 Å². The molecule has 21 heavy (non-hydrogen) atoms. The van der Waals surface area contributed by atoms with Gasteiger partial charge in [0.2, 0.25) is 0 Å². The maximum absolute atomic E-state index is 12.3. The Morgan fingerprint density at radius 3 is 2.48 bits per heavy atom. The summed E-state index contributed by atoms with van der Waals surface area (Å²) in [6.07, 6.45) is 0. The molecule has 0 radical (unpaired) electrons. The zero-order valence-electron chi connectivity index (χ0n) is 12.1. The molecule has 0 aliphatic rings. The predicted molar refractivity (Wildman–Crippen MR) is 87.4 cm³/mol. The van der Waals surface area contributed by atoms with E-state index >= 15 is 0 Å². The first kappa shape index (κ1) is 15.8. The van der Waals surface area contributed by atoms with Crippen molar-refractivity contribution in [3.63, 3.8) is 0 Å². The summed E-state index contributed by atoms with van der Waals surface area (Å²) < 4.78 is 0. The van der Waals surface area contributed by atoms with Gasteiger partial charge in [-0.15, -0.1) is 0 Å². The van der Waals surface area contributed by atoms with Gasteiger partial charge >= 0.3 is 0 Å². The molecule has 5 heteroatoms. The van der Waals surface area contributed by atoms with E-state index in [0.29, 0.717) is 21.4 Å². The summed E-state index contributed by atoms with van der Waals surface area (Å²) in [6.45, 7) is 6.05. The van der Waals surface area contributed by atoms with Gasteiger partial charge in [0.15, 0.2) is 0 Å². The quantitative estimate of drug-likeness (QED) is 0.796. The van der Waals surface area contributed by atoms with E-state index in [-0.39, 0.29) is 11.3 Å². The molecule has 110 valence electrons. The van der Waals surface area contributed by atoms with Gasteiger partial charge in [-0.05, 0) is 30.3 Å². The standard InChI is InChI=1S/C16H16Cl2N2O/c1-16(2,3)13-7-10(8-14(18)20-13)15(21)19-12-6-4-5-11(17)9-12/h4-9H,1-3H3,(H,19,21).